The molecule has 1 atom stereocenters. The van der Waals surface area contributed by atoms with Crippen LogP contribution in [0.1, 0.15) is 33.1 Å². The van der Waals surface area contributed by atoms with E-state index >= 15 is 0 Å². The lowest BCUT2D eigenvalue weighted by Gasteiger charge is -2.20. The maximum Gasteiger partial charge on any atom is 0.0431 e. The average Bonchev–Trinajstić information content (AvgIpc) is 2.10. The third kappa shape index (κ3) is 6.99. The van der Waals surface area contributed by atoms with Crippen molar-refractivity contribution in [3.63, 3.8) is 0 Å². The summed E-state index contributed by atoms with van der Waals surface area (Å²) in [6.07, 6.45) is 3.14. The Labute approximate surface area is 81.7 Å². The van der Waals surface area contributed by atoms with E-state index in [1.54, 1.807) is 0 Å². The average molecular weight is 188 g/mol. The lowest BCUT2D eigenvalue weighted by Crippen LogP contribution is -2.40. The van der Waals surface area contributed by atoms with Gasteiger partial charge >= 0.3 is 0 Å². The first-order chi connectivity index (χ1) is 6.22. The van der Waals surface area contributed by atoms with Crippen LogP contribution in [0.15, 0.2) is 0 Å². The fourth-order valence-electron chi connectivity index (χ4n) is 1.29. The first-order valence-electron chi connectivity index (χ1n) is 5.26. The Morgan fingerprint density at radius 2 is 1.92 bits per heavy atom. The van der Waals surface area contributed by atoms with Crippen LogP contribution in [0.25, 0.3) is 0 Å². The van der Waals surface area contributed by atoms with Crippen LogP contribution in [0.2, 0.25) is 0 Å². The molecule has 0 amide bonds. The number of unbranched alkanes of at least 4 members (excludes halogenated alkanes) is 2. The molecule has 0 spiro atoms. The summed E-state index contributed by atoms with van der Waals surface area (Å²) in [7, 11) is 0. The zero-order chi connectivity index (χ0) is 10.1. The number of aliphatic hydroxyl groups is 1. The molecule has 0 saturated heterocycles. The highest BCUT2D eigenvalue weighted by Gasteiger charge is 2.08. The highest BCUT2D eigenvalue weighted by molar-refractivity contribution is 4.70. The number of aliphatic hydroxyl groups excluding tert-OH is 1. The van der Waals surface area contributed by atoms with Crippen molar-refractivity contribution in [3.8, 4) is 0 Å². The predicted molar refractivity (Wildman–Crippen MR) is 56.6 cm³/mol. The molecule has 3 nitrogen and oxygen atoms in total. The molecule has 0 aliphatic rings. The van der Waals surface area contributed by atoms with E-state index in [0.717, 1.165) is 25.8 Å². The number of nitrogens with one attached hydrogen (secondary N) is 1. The lowest BCUT2D eigenvalue weighted by atomic mass is 10.0. The topological polar surface area (TPSA) is 58.3 Å². The maximum absolute atomic E-state index is 8.57. The van der Waals surface area contributed by atoms with Crippen LogP contribution in [-0.4, -0.2) is 30.8 Å². The zero-order valence-corrected chi connectivity index (χ0v) is 8.92. The SMILES string of the molecule is CC(C)C(CN)NCCCCCO. The van der Waals surface area contributed by atoms with E-state index in [9.17, 15) is 0 Å². The minimum atomic E-state index is 0.310. The summed E-state index contributed by atoms with van der Waals surface area (Å²) in [6.45, 7) is 6.39. The fraction of sp³-hybridized carbons (Fsp3) is 1.00. The van der Waals surface area contributed by atoms with Gasteiger partial charge in [-0.2, -0.15) is 0 Å². The van der Waals surface area contributed by atoms with Crippen molar-refractivity contribution in [2.75, 3.05) is 19.7 Å². The molecular weight excluding hydrogens is 164 g/mol. The molecule has 0 heterocycles. The summed E-state index contributed by atoms with van der Waals surface area (Å²) in [5.74, 6) is 0.600. The number of hydrogen-bond acceptors (Lipinski definition) is 3. The fourth-order valence-corrected chi connectivity index (χ4v) is 1.29. The van der Waals surface area contributed by atoms with Gasteiger partial charge in [-0.15, -0.1) is 0 Å². The molecule has 0 saturated carbocycles. The van der Waals surface area contributed by atoms with Crippen molar-refractivity contribution < 1.29 is 5.11 Å². The van der Waals surface area contributed by atoms with Crippen molar-refractivity contribution in [2.45, 2.75) is 39.2 Å². The van der Waals surface area contributed by atoms with Gasteiger partial charge in [0.1, 0.15) is 0 Å². The van der Waals surface area contributed by atoms with E-state index in [0.29, 0.717) is 25.1 Å². The first kappa shape index (κ1) is 12.9. The lowest BCUT2D eigenvalue weighted by molar-refractivity contribution is 0.281. The zero-order valence-electron chi connectivity index (χ0n) is 8.92. The Balaban J connectivity index is 3.28. The minimum Gasteiger partial charge on any atom is -0.396 e. The van der Waals surface area contributed by atoms with Gasteiger partial charge in [0.2, 0.25) is 0 Å². The van der Waals surface area contributed by atoms with Gasteiger partial charge in [-0.25, -0.2) is 0 Å². The van der Waals surface area contributed by atoms with Gasteiger partial charge in [0.25, 0.3) is 0 Å². The van der Waals surface area contributed by atoms with Gasteiger partial charge in [0.15, 0.2) is 0 Å². The number of nitrogens with two attached hydrogens (primary N) is 1. The molecule has 0 bridgehead atoms. The molecule has 4 N–H and O–H groups in total. The van der Waals surface area contributed by atoms with Crippen LogP contribution in [0.5, 0.6) is 0 Å². The molecule has 80 valence electrons. The molecule has 0 aromatic carbocycles. The Hall–Kier alpha value is -0.120. The van der Waals surface area contributed by atoms with Crippen molar-refractivity contribution >= 4 is 0 Å². The third-order valence-corrected chi connectivity index (χ3v) is 2.30. The second-order valence-corrected chi connectivity index (χ2v) is 3.82. The van der Waals surface area contributed by atoms with E-state index < -0.39 is 0 Å². The van der Waals surface area contributed by atoms with Gasteiger partial charge < -0.3 is 16.2 Å². The maximum atomic E-state index is 8.57. The Morgan fingerprint density at radius 1 is 1.23 bits per heavy atom. The van der Waals surface area contributed by atoms with Gasteiger partial charge in [0, 0.05) is 19.2 Å². The molecule has 0 aromatic heterocycles. The molecular formula is C10H24N2O. The van der Waals surface area contributed by atoms with Crippen molar-refractivity contribution in [2.24, 2.45) is 11.7 Å². The summed E-state index contributed by atoms with van der Waals surface area (Å²) < 4.78 is 0. The van der Waals surface area contributed by atoms with E-state index in [4.69, 9.17) is 10.8 Å². The van der Waals surface area contributed by atoms with Crippen LogP contribution in [-0.2, 0) is 0 Å². The highest BCUT2D eigenvalue weighted by atomic mass is 16.2. The summed E-state index contributed by atoms with van der Waals surface area (Å²) in [5.41, 5.74) is 5.61. The van der Waals surface area contributed by atoms with E-state index in [-0.39, 0.29) is 0 Å². The minimum absolute atomic E-state index is 0.310. The molecule has 0 radical (unpaired) electrons. The van der Waals surface area contributed by atoms with E-state index in [1.165, 1.54) is 0 Å². The molecule has 0 aliphatic heterocycles. The molecule has 1 unspecified atom stereocenters. The molecule has 0 fully saturated rings. The standard InChI is InChI=1S/C10H24N2O/c1-9(2)10(8-11)12-6-4-3-5-7-13/h9-10,12-13H,3-8,11H2,1-2H3. The van der Waals surface area contributed by atoms with Crippen LogP contribution in [0, 0.1) is 5.92 Å². The molecule has 0 aliphatic carbocycles. The predicted octanol–water partition coefficient (Wildman–Crippen LogP) is 0.722. The number of rotatable bonds is 8. The Bertz CT molecular complexity index is 107. The monoisotopic (exact) mass is 188 g/mol. The first-order valence-corrected chi connectivity index (χ1v) is 5.26. The second kappa shape index (κ2) is 8.48. The Morgan fingerprint density at radius 3 is 2.38 bits per heavy atom. The number of hydrogen-bond donors (Lipinski definition) is 3. The van der Waals surface area contributed by atoms with Crippen LogP contribution in [0.4, 0.5) is 0 Å². The highest BCUT2D eigenvalue weighted by Crippen LogP contribution is 2.00. The Kier molecular flexibility index (Phi) is 8.40. The molecule has 3 heteroatoms. The van der Waals surface area contributed by atoms with Crippen molar-refractivity contribution in [3.05, 3.63) is 0 Å². The van der Waals surface area contributed by atoms with Gasteiger partial charge in [0.05, 0.1) is 0 Å². The summed E-state index contributed by atoms with van der Waals surface area (Å²) in [5, 5.41) is 12.0. The molecule has 0 aromatic rings. The largest absolute Gasteiger partial charge is 0.396 e. The van der Waals surface area contributed by atoms with E-state index in [1.807, 2.05) is 0 Å². The van der Waals surface area contributed by atoms with Crippen molar-refractivity contribution in [1.29, 1.82) is 0 Å². The van der Waals surface area contributed by atoms with Gasteiger partial charge in [-0.3, -0.25) is 0 Å². The third-order valence-electron chi connectivity index (χ3n) is 2.30. The molecule has 0 rings (SSSR count). The summed E-state index contributed by atoms with van der Waals surface area (Å²) in [4.78, 5) is 0. The van der Waals surface area contributed by atoms with E-state index in [2.05, 4.69) is 19.2 Å². The molecule has 13 heavy (non-hydrogen) atoms. The second-order valence-electron chi connectivity index (χ2n) is 3.82. The van der Waals surface area contributed by atoms with Gasteiger partial charge in [-0.1, -0.05) is 13.8 Å². The van der Waals surface area contributed by atoms with Crippen LogP contribution >= 0.6 is 0 Å². The van der Waals surface area contributed by atoms with Crippen LogP contribution < -0.4 is 11.1 Å². The summed E-state index contributed by atoms with van der Waals surface area (Å²) >= 11 is 0. The normalized spacial score (nSPS) is 13.6. The van der Waals surface area contributed by atoms with Gasteiger partial charge in [-0.05, 0) is 31.7 Å². The summed E-state index contributed by atoms with van der Waals surface area (Å²) in [6, 6.07) is 0.439. The van der Waals surface area contributed by atoms with Crippen molar-refractivity contribution in [1.82, 2.24) is 5.32 Å². The smallest absolute Gasteiger partial charge is 0.0431 e. The quantitative estimate of drug-likeness (QED) is 0.492. The van der Waals surface area contributed by atoms with Crippen LogP contribution in [0.3, 0.4) is 0 Å².